The minimum absolute atomic E-state index is 0.214. The Morgan fingerprint density at radius 2 is 1.82 bits per heavy atom. The summed E-state index contributed by atoms with van der Waals surface area (Å²) in [6.07, 6.45) is 1.52. The number of aliphatic hydroxyl groups is 1. The van der Waals surface area contributed by atoms with Crippen molar-refractivity contribution in [3.63, 3.8) is 0 Å². The quantitative estimate of drug-likeness (QED) is 0.853. The number of aliphatic hydroxyl groups excluding tert-OH is 1. The first-order valence-corrected chi connectivity index (χ1v) is 7.99. The summed E-state index contributed by atoms with van der Waals surface area (Å²) in [5.74, 6) is 0.277. The fourth-order valence-electron chi connectivity index (χ4n) is 3.30. The van der Waals surface area contributed by atoms with Crippen LogP contribution in [0.4, 0.5) is 5.69 Å². The zero-order valence-electron chi connectivity index (χ0n) is 12.9. The first-order valence-electron chi connectivity index (χ1n) is 7.99. The molecule has 3 nitrogen and oxygen atoms in total. The van der Waals surface area contributed by atoms with E-state index in [0.717, 1.165) is 38.2 Å². The molecule has 1 fully saturated rings. The van der Waals surface area contributed by atoms with Gasteiger partial charge in [-0.1, -0.05) is 42.5 Å². The Morgan fingerprint density at radius 1 is 1.05 bits per heavy atom. The number of hydrogen-bond donors (Lipinski definition) is 2. The lowest BCUT2D eigenvalue weighted by molar-refractivity contribution is 0.0239. The topological polar surface area (TPSA) is 49.5 Å². The molecule has 1 heterocycles. The number of piperidine rings is 1. The number of nitrogen functional groups attached to an aromatic ring is 1. The van der Waals surface area contributed by atoms with Crippen molar-refractivity contribution in [1.82, 2.24) is 4.90 Å². The second kappa shape index (κ2) is 6.95. The van der Waals surface area contributed by atoms with Crippen molar-refractivity contribution in [1.29, 1.82) is 0 Å². The van der Waals surface area contributed by atoms with Crippen LogP contribution in [-0.2, 0) is 13.0 Å². The van der Waals surface area contributed by atoms with Crippen LogP contribution in [0.2, 0.25) is 0 Å². The molecule has 116 valence electrons. The van der Waals surface area contributed by atoms with E-state index in [2.05, 4.69) is 35.2 Å². The van der Waals surface area contributed by atoms with Gasteiger partial charge in [0.25, 0.3) is 0 Å². The van der Waals surface area contributed by atoms with Crippen LogP contribution in [0.1, 0.15) is 17.5 Å². The van der Waals surface area contributed by atoms with Crippen molar-refractivity contribution in [3.8, 4) is 0 Å². The molecule has 2 aromatic rings. The summed E-state index contributed by atoms with van der Waals surface area (Å²) in [5, 5.41) is 10.3. The average Bonchev–Trinajstić information content (AvgIpc) is 2.52. The third-order valence-electron chi connectivity index (χ3n) is 4.48. The average molecular weight is 296 g/mol. The van der Waals surface area contributed by atoms with Crippen LogP contribution in [-0.4, -0.2) is 29.2 Å². The van der Waals surface area contributed by atoms with Crippen LogP contribution >= 0.6 is 0 Å². The second-order valence-corrected chi connectivity index (χ2v) is 6.29. The lowest BCUT2D eigenvalue weighted by atomic mass is 9.88. The van der Waals surface area contributed by atoms with Gasteiger partial charge in [0.15, 0.2) is 0 Å². The Hall–Kier alpha value is -1.84. The van der Waals surface area contributed by atoms with Gasteiger partial charge in [-0.05, 0) is 36.1 Å². The number of hydrogen-bond acceptors (Lipinski definition) is 3. The van der Waals surface area contributed by atoms with E-state index < -0.39 is 0 Å². The Kier molecular flexibility index (Phi) is 4.76. The van der Waals surface area contributed by atoms with Crippen LogP contribution in [0.5, 0.6) is 0 Å². The van der Waals surface area contributed by atoms with Gasteiger partial charge in [0, 0.05) is 31.2 Å². The van der Waals surface area contributed by atoms with Crippen LogP contribution in [0.25, 0.3) is 0 Å². The number of nitrogens with two attached hydrogens (primary N) is 1. The minimum Gasteiger partial charge on any atom is -0.399 e. The number of benzene rings is 2. The Labute approximate surface area is 132 Å². The lowest BCUT2D eigenvalue weighted by Crippen LogP contribution is -2.43. The molecule has 0 saturated carbocycles. The zero-order chi connectivity index (χ0) is 15.4. The highest BCUT2D eigenvalue weighted by atomic mass is 16.3. The number of anilines is 1. The summed E-state index contributed by atoms with van der Waals surface area (Å²) >= 11 is 0. The van der Waals surface area contributed by atoms with E-state index in [4.69, 9.17) is 5.73 Å². The molecule has 2 unspecified atom stereocenters. The van der Waals surface area contributed by atoms with Crippen molar-refractivity contribution in [2.45, 2.75) is 25.5 Å². The zero-order valence-corrected chi connectivity index (χ0v) is 12.9. The van der Waals surface area contributed by atoms with E-state index in [0.29, 0.717) is 0 Å². The molecule has 1 aliphatic rings. The van der Waals surface area contributed by atoms with Gasteiger partial charge in [-0.3, -0.25) is 4.90 Å². The lowest BCUT2D eigenvalue weighted by Gasteiger charge is -2.36. The molecule has 0 spiro atoms. The van der Waals surface area contributed by atoms with Gasteiger partial charge in [-0.2, -0.15) is 0 Å². The van der Waals surface area contributed by atoms with E-state index in [1.165, 1.54) is 11.1 Å². The van der Waals surface area contributed by atoms with Crippen LogP contribution in [0, 0.1) is 5.92 Å². The predicted octanol–water partition coefficient (Wildman–Crippen LogP) is 2.69. The highest BCUT2D eigenvalue weighted by molar-refractivity contribution is 5.40. The minimum atomic E-state index is -0.214. The normalized spacial score (nSPS) is 22.6. The molecule has 2 aromatic carbocycles. The van der Waals surface area contributed by atoms with Crippen molar-refractivity contribution in [3.05, 3.63) is 65.7 Å². The van der Waals surface area contributed by atoms with Crippen molar-refractivity contribution < 1.29 is 5.11 Å². The summed E-state index contributed by atoms with van der Waals surface area (Å²) in [4.78, 5) is 2.44. The van der Waals surface area contributed by atoms with Gasteiger partial charge < -0.3 is 10.8 Å². The molecule has 3 heteroatoms. The van der Waals surface area contributed by atoms with Crippen LogP contribution in [0.3, 0.4) is 0 Å². The summed E-state index contributed by atoms with van der Waals surface area (Å²) in [7, 11) is 0. The van der Waals surface area contributed by atoms with E-state index in [1.807, 2.05) is 24.3 Å². The molecular formula is C19H24N2O. The largest absolute Gasteiger partial charge is 0.399 e. The first kappa shape index (κ1) is 15.1. The maximum Gasteiger partial charge on any atom is 0.0596 e. The van der Waals surface area contributed by atoms with Gasteiger partial charge in [0.1, 0.15) is 0 Å². The highest BCUT2D eigenvalue weighted by Gasteiger charge is 2.27. The summed E-state index contributed by atoms with van der Waals surface area (Å²) in [6, 6.07) is 18.5. The number of rotatable bonds is 4. The molecule has 0 radical (unpaired) electrons. The Balaban J connectivity index is 1.63. The molecule has 0 amide bonds. The molecule has 2 atom stereocenters. The number of likely N-dealkylation sites (tertiary alicyclic amines) is 1. The van der Waals surface area contributed by atoms with Gasteiger partial charge in [0.05, 0.1) is 6.10 Å². The fraction of sp³-hybridized carbons (Fsp3) is 0.368. The van der Waals surface area contributed by atoms with Crippen molar-refractivity contribution >= 4 is 5.69 Å². The predicted molar refractivity (Wildman–Crippen MR) is 90.4 cm³/mol. The summed E-state index contributed by atoms with van der Waals surface area (Å²) in [6.45, 7) is 2.86. The summed E-state index contributed by atoms with van der Waals surface area (Å²) in [5.41, 5.74) is 9.20. The van der Waals surface area contributed by atoms with Gasteiger partial charge >= 0.3 is 0 Å². The van der Waals surface area contributed by atoms with E-state index >= 15 is 0 Å². The first-order chi connectivity index (χ1) is 10.7. The third kappa shape index (κ3) is 3.87. The molecule has 1 saturated heterocycles. The molecule has 0 aliphatic carbocycles. The van der Waals surface area contributed by atoms with Crippen LogP contribution < -0.4 is 5.73 Å². The molecule has 1 aliphatic heterocycles. The Bertz CT molecular complexity index is 599. The van der Waals surface area contributed by atoms with Gasteiger partial charge in [-0.15, -0.1) is 0 Å². The molecule has 0 bridgehead atoms. The molecule has 3 N–H and O–H groups in total. The van der Waals surface area contributed by atoms with E-state index in [-0.39, 0.29) is 12.0 Å². The maximum absolute atomic E-state index is 10.3. The Morgan fingerprint density at radius 3 is 2.59 bits per heavy atom. The maximum atomic E-state index is 10.3. The molecule has 0 aromatic heterocycles. The highest BCUT2D eigenvalue weighted by Crippen LogP contribution is 2.23. The van der Waals surface area contributed by atoms with E-state index in [9.17, 15) is 5.11 Å². The van der Waals surface area contributed by atoms with Crippen LogP contribution in [0.15, 0.2) is 54.6 Å². The SMILES string of the molecule is Nc1cccc(CC2CN(Cc3ccccc3)CCC2O)c1. The smallest absolute Gasteiger partial charge is 0.0596 e. The van der Waals surface area contributed by atoms with Gasteiger partial charge in [-0.25, -0.2) is 0 Å². The monoisotopic (exact) mass is 296 g/mol. The molecule has 3 rings (SSSR count). The molecule has 22 heavy (non-hydrogen) atoms. The third-order valence-corrected chi connectivity index (χ3v) is 4.48. The van der Waals surface area contributed by atoms with E-state index in [1.54, 1.807) is 0 Å². The fourth-order valence-corrected chi connectivity index (χ4v) is 3.30. The standard InChI is InChI=1S/C19H24N2O/c20-18-8-4-7-16(12-18)11-17-14-21(10-9-19(17)22)13-15-5-2-1-3-6-15/h1-8,12,17,19,22H,9-11,13-14,20H2. The number of nitrogens with zero attached hydrogens (tertiary/aromatic N) is 1. The second-order valence-electron chi connectivity index (χ2n) is 6.29. The summed E-state index contributed by atoms with van der Waals surface area (Å²) < 4.78 is 0. The van der Waals surface area contributed by atoms with Crippen molar-refractivity contribution in [2.24, 2.45) is 5.92 Å². The molecular weight excluding hydrogens is 272 g/mol. The van der Waals surface area contributed by atoms with Gasteiger partial charge in [0.2, 0.25) is 0 Å². The van der Waals surface area contributed by atoms with Crippen molar-refractivity contribution in [2.75, 3.05) is 18.8 Å².